The zero-order valence-electron chi connectivity index (χ0n) is 14.8. The van der Waals surface area contributed by atoms with Crippen LogP contribution in [0.1, 0.15) is 24.2 Å². The summed E-state index contributed by atoms with van der Waals surface area (Å²) in [5, 5.41) is 4.42. The van der Waals surface area contributed by atoms with Gasteiger partial charge in [0, 0.05) is 38.1 Å². The first-order chi connectivity index (χ1) is 12.5. The van der Waals surface area contributed by atoms with Crippen molar-refractivity contribution in [2.24, 2.45) is 7.05 Å². The second-order valence-electron chi connectivity index (χ2n) is 6.68. The maximum absolute atomic E-state index is 15.3. The summed E-state index contributed by atoms with van der Waals surface area (Å²) >= 11 is 0. The number of aryl methyl sites for hydroxylation is 1. The van der Waals surface area contributed by atoms with Gasteiger partial charge in [0.05, 0.1) is 23.3 Å². The van der Waals surface area contributed by atoms with Crippen molar-refractivity contribution in [3.05, 3.63) is 29.8 Å². The van der Waals surface area contributed by atoms with Gasteiger partial charge in [0.2, 0.25) is 5.58 Å². The lowest BCUT2D eigenvalue weighted by Crippen LogP contribution is -2.46. The molecular formula is C18H19FN4O3. The molecule has 2 atom stereocenters. The van der Waals surface area contributed by atoms with Gasteiger partial charge in [-0.05, 0) is 19.9 Å². The van der Waals surface area contributed by atoms with Gasteiger partial charge in [0.1, 0.15) is 0 Å². The minimum Gasteiger partial charge on any atom is -0.372 e. The molecule has 3 aromatic rings. The number of ether oxygens (including phenoxy) is 1. The Kier molecular flexibility index (Phi) is 3.99. The zero-order valence-corrected chi connectivity index (χ0v) is 14.8. The molecule has 1 fully saturated rings. The highest BCUT2D eigenvalue weighted by Gasteiger charge is 2.29. The highest BCUT2D eigenvalue weighted by molar-refractivity contribution is 5.99. The SMILES string of the molecule is CC1CN(c2c(C=O)cc3c(-c4nccn4C)noc3c2F)CC(C)O1. The van der Waals surface area contributed by atoms with Crippen LogP contribution in [-0.2, 0) is 11.8 Å². The predicted molar refractivity (Wildman–Crippen MR) is 93.8 cm³/mol. The number of nitrogens with zero attached hydrogens (tertiary/aromatic N) is 4. The van der Waals surface area contributed by atoms with Crippen molar-refractivity contribution < 1.29 is 18.4 Å². The molecule has 3 heterocycles. The molecule has 0 bridgehead atoms. The molecule has 136 valence electrons. The molecule has 2 aromatic heterocycles. The van der Waals surface area contributed by atoms with Crippen LogP contribution in [0.15, 0.2) is 23.0 Å². The van der Waals surface area contributed by atoms with Crippen LogP contribution in [0.5, 0.6) is 0 Å². The molecule has 1 saturated heterocycles. The van der Waals surface area contributed by atoms with Crippen LogP contribution >= 0.6 is 0 Å². The first-order valence-corrected chi connectivity index (χ1v) is 8.44. The minimum absolute atomic E-state index is 0.0235. The fourth-order valence-corrected chi connectivity index (χ4v) is 3.57. The maximum Gasteiger partial charge on any atom is 0.205 e. The summed E-state index contributed by atoms with van der Waals surface area (Å²) in [6, 6.07) is 1.62. The van der Waals surface area contributed by atoms with Gasteiger partial charge in [0.15, 0.2) is 23.6 Å². The van der Waals surface area contributed by atoms with Crippen molar-refractivity contribution >= 4 is 22.9 Å². The molecule has 0 spiro atoms. The van der Waals surface area contributed by atoms with Gasteiger partial charge in [-0.25, -0.2) is 9.37 Å². The third-order valence-electron chi connectivity index (χ3n) is 4.60. The number of carbonyl (C=O) groups is 1. The van der Waals surface area contributed by atoms with Gasteiger partial charge in [-0.2, -0.15) is 0 Å². The number of rotatable bonds is 3. The third kappa shape index (κ3) is 2.57. The van der Waals surface area contributed by atoms with Crippen LogP contribution in [-0.4, -0.2) is 46.3 Å². The van der Waals surface area contributed by atoms with E-state index in [0.29, 0.717) is 36.3 Å². The lowest BCUT2D eigenvalue weighted by atomic mass is 10.1. The highest BCUT2D eigenvalue weighted by atomic mass is 19.1. The van der Waals surface area contributed by atoms with Crippen LogP contribution < -0.4 is 4.90 Å². The Morgan fingerprint density at radius 3 is 2.65 bits per heavy atom. The van der Waals surface area contributed by atoms with E-state index in [-0.39, 0.29) is 29.0 Å². The number of fused-ring (bicyclic) bond motifs is 1. The summed E-state index contributed by atoms with van der Waals surface area (Å²) < 4.78 is 28.1. The zero-order chi connectivity index (χ0) is 18.4. The summed E-state index contributed by atoms with van der Waals surface area (Å²) in [5.41, 5.74) is 0.923. The Balaban J connectivity index is 1.89. The van der Waals surface area contributed by atoms with Crippen molar-refractivity contribution in [3.8, 4) is 11.5 Å². The van der Waals surface area contributed by atoms with Gasteiger partial charge in [0.25, 0.3) is 0 Å². The van der Waals surface area contributed by atoms with E-state index >= 15 is 4.39 Å². The summed E-state index contributed by atoms with van der Waals surface area (Å²) in [6.45, 7) is 4.84. The predicted octanol–water partition coefficient (Wildman–Crippen LogP) is 2.79. The molecule has 0 N–H and O–H groups in total. The highest BCUT2D eigenvalue weighted by Crippen LogP contribution is 2.36. The molecule has 0 aliphatic carbocycles. The number of morpholine rings is 1. The second kappa shape index (κ2) is 6.21. The number of anilines is 1. The Bertz CT molecular complexity index is 970. The molecule has 1 aromatic carbocycles. The number of benzene rings is 1. The first kappa shape index (κ1) is 16.7. The smallest absolute Gasteiger partial charge is 0.205 e. The van der Waals surface area contributed by atoms with Crippen molar-refractivity contribution in [1.29, 1.82) is 0 Å². The molecule has 8 heteroatoms. The van der Waals surface area contributed by atoms with Crippen molar-refractivity contribution in [2.75, 3.05) is 18.0 Å². The van der Waals surface area contributed by atoms with Gasteiger partial charge < -0.3 is 18.7 Å². The number of aromatic nitrogens is 3. The van der Waals surface area contributed by atoms with E-state index < -0.39 is 5.82 Å². The monoisotopic (exact) mass is 358 g/mol. The van der Waals surface area contributed by atoms with E-state index in [1.165, 1.54) is 0 Å². The quantitative estimate of drug-likeness (QED) is 0.671. The van der Waals surface area contributed by atoms with E-state index in [2.05, 4.69) is 10.1 Å². The fourth-order valence-electron chi connectivity index (χ4n) is 3.57. The summed E-state index contributed by atoms with van der Waals surface area (Å²) in [6.07, 6.45) is 3.92. The summed E-state index contributed by atoms with van der Waals surface area (Å²) in [5.74, 6) is -0.0415. The lowest BCUT2D eigenvalue weighted by molar-refractivity contribution is -0.00543. The lowest BCUT2D eigenvalue weighted by Gasteiger charge is -2.37. The van der Waals surface area contributed by atoms with E-state index in [1.807, 2.05) is 25.8 Å². The number of hydrogen-bond acceptors (Lipinski definition) is 6. The van der Waals surface area contributed by atoms with Crippen molar-refractivity contribution in [3.63, 3.8) is 0 Å². The number of halogens is 1. The van der Waals surface area contributed by atoms with Crippen LogP contribution in [0.3, 0.4) is 0 Å². The number of aldehydes is 1. The fraction of sp³-hybridized carbons (Fsp3) is 0.389. The molecule has 26 heavy (non-hydrogen) atoms. The Hall–Kier alpha value is -2.74. The van der Waals surface area contributed by atoms with Crippen LogP contribution in [0.2, 0.25) is 0 Å². The van der Waals surface area contributed by atoms with E-state index in [9.17, 15) is 4.79 Å². The number of imidazole rings is 1. The van der Waals surface area contributed by atoms with Crippen LogP contribution in [0, 0.1) is 5.82 Å². The Morgan fingerprint density at radius 1 is 1.31 bits per heavy atom. The first-order valence-electron chi connectivity index (χ1n) is 8.44. The molecule has 0 amide bonds. The third-order valence-corrected chi connectivity index (χ3v) is 4.60. The number of carbonyl (C=O) groups excluding carboxylic acids is 1. The second-order valence-corrected chi connectivity index (χ2v) is 6.68. The topological polar surface area (TPSA) is 73.4 Å². The molecule has 1 aliphatic heterocycles. The van der Waals surface area contributed by atoms with Crippen molar-refractivity contribution in [1.82, 2.24) is 14.7 Å². The van der Waals surface area contributed by atoms with E-state index in [0.717, 1.165) is 0 Å². The normalized spacial score (nSPS) is 20.7. The number of hydrogen-bond donors (Lipinski definition) is 0. The average Bonchev–Trinajstić information content (AvgIpc) is 3.19. The average molecular weight is 358 g/mol. The van der Waals surface area contributed by atoms with E-state index in [4.69, 9.17) is 9.26 Å². The van der Waals surface area contributed by atoms with Crippen molar-refractivity contribution in [2.45, 2.75) is 26.1 Å². The molecule has 1 aliphatic rings. The summed E-state index contributed by atoms with van der Waals surface area (Å²) in [7, 11) is 1.81. The van der Waals surface area contributed by atoms with Gasteiger partial charge in [-0.15, -0.1) is 0 Å². The van der Waals surface area contributed by atoms with Crippen LogP contribution in [0.25, 0.3) is 22.5 Å². The molecule has 0 radical (unpaired) electrons. The standard InChI is InChI=1S/C18H19FN4O3/c1-10-7-23(8-11(2)25-10)16-12(9-24)6-13-15(18-20-4-5-22(18)3)21-26-17(13)14(16)19/h4-6,9-11H,7-8H2,1-3H3. The Morgan fingerprint density at radius 2 is 2.04 bits per heavy atom. The van der Waals surface area contributed by atoms with Gasteiger partial charge in [-0.3, -0.25) is 4.79 Å². The van der Waals surface area contributed by atoms with Gasteiger partial charge in [-0.1, -0.05) is 5.16 Å². The van der Waals surface area contributed by atoms with Gasteiger partial charge >= 0.3 is 0 Å². The molecule has 0 saturated carbocycles. The Labute approximate surface area is 149 Å². The molecule has 4 rings (SSSR count). The summed E-state index contributed by atoms with van der Waals surface area (Å²) in [4.78, 5) is 17.8. The van der Waals surface area contributed by atoms with E-state index in [1.54, 1.807) is 23.0 Å². The molecule has 2 unspecified atom stereocenters. The molecular weight excluding hydrogens is 339 g/mol. The minimum atomic E-state index is -0.584. The maximum atomic E-state index is 15.3. The van der Waals surface area contributed by atoms with Crippen LogP contribution in [0.4, 0.5) is 10.1 Å². The largest absolute Gasteiger partial charge is 0.372 e. The molecule has 7 nitrogen and oxygen atoms in total.